The lowest BCUT2D eigenvalue weighted by molar-refractivity contribution is -0.113. The molecule has 8 heteroatoms. The molecule has 0 aliphatic heterocycles. The van der Waals surface area contributed by atoms with Crippen molar-refractivity contribution in [2.75, 3.05) is 11.1 Å². The van der Waals surface area contributed by atoms with Crippen LogP contribution in [0.4, 0.5) is 5.69 Å². The van der Waals surface area contributed by atoms with Crippen LogP contribution in [0, 0.1) is 0 Å². The number of rotatable bonds is 8. The maximum absolute atomic E-state index is 12.2. The Labute approximate surface area is 179 Å². The van der Waals surface area contributed by atoms with E-state index in [0.717, 1.165) is 12.2 Å². The molecule has 1 heterocycles. The molecule has 0 spiro atoms. The van der Waals surface area contributed by atoms with E-state index in [4.69, 9.17) is 16.3 Å². The van der Waals surface area contributed by atoms with Gasteiger partial charge in [0, 0.05) is 7.05 Å². The normalized spacial score (nSPS) is 11.9. The first-order valence-corrected chi connectivity index (χ1v) is 10.7. The predicted octanol–water partition coefficient (Wildman–Crippen LogP) is 4.90. The molecule has 3 aromatic rings. The number of nitrogens with one attached hydrogen (secondary N) is 1. The summed E-state index contributed by atoms with van der Waals surface area (Å²) in [5.41, 5.74) is 1.85. The van der Waals surface area contributed by atoms with Gasteiger partial charge in [-0.1, -0.05) is 54.6 Å². The molecule has 0 bridgehead atoms. The fraction of sp³-hybridized carbons (Fsp3) is 0.286. The molecule has 1 N–H and O–H groups in total. The van der Waals surface area contributed by atoms with Gasteiger partial charge in [-0.2, -0.15) is 0 Å². The lowest BCUT2D eigenvalue weighted by atomic mass is 10.2. The first kappa shape index (κ1) is 21.2. The van der Waals surface area contributed by atoms with Gasteiger partial charge in [-0.05, 0) is 43.2 Å². The highest BCUT2D eigenvalue weighted by atomic mass is 35.5. The highest BCUT2D eigenvalue weighted by Crippen LogP contribution is 2.25. The fourth-order valence-electron chi connectivity index (χ4n) is 2.75. The third kappa shape index (κ3) is 5.52. The number of nitrogens with zero attached hydrogens (tertiary/aromatic N) is 3. The second kappa shape index (κ2) is 9.80. The van der Waals surface area contributed by atoms with Gasteiger partial charge >= 0.3 is 0 Å². The summed E-state index contributed by atoms with van der Waals surface area (Å²) in [6, 6.07) is 15.2. The molecule has 1 amide bonds. The molecule has 0 aliphatic carbocycles. The van der Waals surface area contributed by atoms with Crippen molar-refractivity contribution in [1.82, 2.24) is 14.8 Å². The molecule has 0 fully saturated rings. The molecule has 29 heavy (non-hydrogen) atoms. The Hall–Kier alpha value is -2.51. The zero-order valence-corrected chi connectivity index (χ0v) is 18.1. The van der Waals surface area contributed by atoms with Crippen LogP contribution in [0.2, 0.25) is 5.02 Å². The van der Waals surface area contributed by atoms with Crippen LogP contribution in [-0.4, -0.2) is 26.4 Å². The van der Waals surface area contributed by atoms with Crippen LogP contribution in [0.1, 0.15) is 31.3 Å². The minimum absolute atomic E-state index is 0.159. The van der Waals surface area contributed by atoms with Crippen molar-refractivity contribution < 1.29 is 9.53 Å². The minimum Gasteiger partial charge on any atom is -0.483 e. The Morgan fingerprint density at radius 1 is 1.21 bits per heavy atom. The van der Waals surface area contributed by atoms with Gasteiger partial charge in [0.15, 0.2) is 17.1 Å². The molecule has 0 radical (unpaired) electrons. The Morgan fingerprint density at radius 2 is 1.93 bits per heavy atom. The molecule has 2 aromatic carbocycles. The van der Waals surface area contributed by atoms with Gasteiger partial charge in [0.25, 0.3) is 0 Å². The van der Waals surface area contributed by atoms with Crippen molar-refractivity contribution in [1.29, 1.82) is 0 Å². The molecule has 1 atom stereocenters. The van der Waals surface area contributed by atoms with E-state index < -0.39 is 0 Å². The van der Waals surface area contributed by atoms with Gasteiger partial charge in [0.1, 0.15) is 5.75 Å². The smallest absolute Gasteiger partial charge is 0.234 e. The molecule has 0 aliphatic rings. The summed E-state index contributed by atoms with van der Waals surface area (Å²) >= 11 is 7.38. The summed E-state index contributed by atoms with van der Waals surface area (Å²) in [7, 11) is 1.86. The molecule has 1 unspecified atom stereocenters. The number of amides is 1. The van der Waals surface area contributed by atoms with E-state index in [1.165, 1.54) is 17.3 Å². The van der Waals surface area contributed by atoms with Gasteiger partial charge in [-0.25, -0.2) is 0 Å². The maximum atomic E-state index is 12.2. The molecular formula is C21H23ClN4O2S. The third-order valence-electron chi connectivity index (χ3n) is 4.36. The van der Waals surface area contributed by atoms with Crippen molar-refractivity contribution in [3.05, 3.63) is 64.9 Å². The molecule has 3 rings (SSSR count). The number of halogens is 1. The highest BCUT2D eigenvalue weighted by Gasteiger charge is 2.18. The number of benzene rings is 2. The van der Waals surface area contributed by atoms with Crippen LogP contribution in [0.25, 0.3) is 0 Å². The van der Waals surface area contributed by atoms with Crippen molar-refractivity contribution >= 4 is 35.0 Å². The first-order valence-electron chi connectivity index (χ1n) is 9.30. The number of ether oxygens (including phenoxy) is 1. The van der Waals surface area contributed by atoms with E-state index in [0.29, 0.717) is 21.7 Å². The van der Waals surface area contributed by atoms with Gasteiger partial charge < -0.3 is 14.6 Å². The Balaban J connectivity index is 1.58. The summed E-state index contributed by atoms with van der Waals surface area (Å²) < 4.78 is 7.83. The number of carbonyl (C=O) groups excluding carboxylic acids is 1. The summed E-state index contributed by atoms with van der Waals surface area (Å²) in [5, 5.41) is 12.4. The fourth-order valence-corrected chi connectivity index (χ4v) is 3.65. The molecule has 1 aromatic heterocycles. The van der Waals surface area contributed by atoms with E-state index in [2.05, 4.69) is 34.6 Å². The van der Waals surface area contributed by atoms with E-state index >= 15 is 0 Å². The summed E-state index contributed by atoms with van der Waals surface area (Å²) in [5.74, 6) is 1.52. The number of hydrogen-bond acceptors (Lipinski definition) is 5. The highest BCUT2D eigenvalue weighted by molar-refractivity contribution is 7.99. The number of carbonyl (C=O) groups is 1. The second-order valence-corrected chi connectivity index (χ2v) is 7.82. The summed E-state index contributed by atoms with van der Waals surface area (Å²) in [6.45, 7) is 4.04. The number of hydrogen-bond donors (Lipinski definition) is 1. The van der Waals surface area contributed by atoms with Gasteiger partial charge in [0.05, 0.1) is 16.5 Å². The standard InChI is InChI=1S/C21H23ClN4O2S/c1-4-15-9-11-16(12-10-15)28-14(2)20-24-25-21(26(20)3)29-13-19(27)23-18-8-6-5-7-17(18)22/h5-12,14H,4,13H2,1-3H3,(H,23,27). The molecule has 0 saturated heterocycles. The Kier molecular flexibility index (Phi) is 7.17. The van der Waals surface area contributed by atoms with E-state index in [9.17, 15) is 4.79 Å². The lowest BCUT2D eigenvalue weighted by Gasteiger charge is -2.14. The van der Waals surface area contributed by atoms with Crippen molar-refractivity contribution in [2.45, 2.75) is 31.5 Å². The van der Waals surface area contributed by atoms with Crippen LogP contribution >= 0.6 is 23.4 Å². The lowest BCUT2D eigenvalue weighted by Crippen LogP contribution is -2.15. The van der Waals surface area contributed by atoms with E-state index in [1.54, 1.807) is 12.1 Å². The molecule has 6 nitrogen and oxygen atoms in total. The van der Waals surface area contributed by atoms with E-state index in [-0.39, 0.29) is 17.8 Å². The number of thioether (sulfide) groups is 1. The molecule has 0 saturated carbocycles. The van der Waals surface area contributed by atoms with Gasteiger partial charge in [-0.15, -0.1) is 10.2 Å². The maximum Gasteiger partial charge on any atom is 0.234 e. The average molecular weight is 431 g/mol. The largest absolute Gasteiger partial charge is 0.483 e. The van der Waals surface area contributed by atoms with Crippen LogP contribution < -0.4 is 10.1 Å². The number of aryl methyl sites for hydroxylation is 1. The van der Waals surface area contributed by atoms with E-state index in [1.807, 2.05) is 42.8 Å². The number of para-hydroxylation sites is 1. The van der Waals surface area contributed by atoms with Crippen LogP contribution in [-0.2, 0) is 18.3 Å². The van der Waals surface area contributed by atoms with Crippen molar-refractivity contribution in [3.8, 4) is 5.75 Å². The van der Waals surface area contributed by atoms with Crippen molar-refractivity contribution in [3.63, 3.8) is 0 Å². The first-order chi connectivity index (χ1) is 14.0. The monoisotopic (exact) mass is 430 g/mol. The molecular weight excluding hydrogens is 408 g/mol. The topological polar surface area (TPSA) is 69.0 Å². The minimum atomic E-state index is -0.272. The van der Waals surface area contributed by atoms with Crippen LogP contribution in [0.15, 0.2) is 53.7 Å². The summed E-state index contributed by atoms with van der Waals surface area (Å²) in [4.78, 5) is 12.2. The zero-order valence-electron chi connectivity index (χ0n) is 16.6. The van der Waals surface area contributed by atoms with Crippen LogP contribution in [0.3, 0.4) is 0 Å². The Bertz CT molecular complexity index is 975. The average Bonchev–Trinajstić information content (AvgIpc) is 3.09. The number of aromatic nitrogens is 3. The van der Waals surface area contributed by atoms with Gasteiger partial charge in [0.2, 0.25) is 5.91 Å². The quantitative estimate of drug-likeness (QED) is 0.514. The predicted molar refractivity (Wildman–Crippen MR) is 117 cm³/mol. The van der Waals surface area contributed by atoms with Crippen LogP contribution in [0.5, 0.6) is 5.75 Å². The Morgan fingerprint density at radius 3 is 2.62 bits per heavy atom. The number of anilines is 1. The van der Waals surface area contributed by atoms with Crippen molar-refractivity contribution in [2.24, 2.45) is 7.05 Å². The SMILES string of the molecule is CCc1ccc(OC(C)c2nnc(SCC(=O)Nc3ccccc3Cl)n2C)cc1. The third-order valence-corrected chi connectivity index (χ3v) is 5.71. The second-order valence-electron chi connectivity index (χ2n) is 6.47. The van der Waals surface area contributed by atoms with Gasteiger partial charge in [-0.3, -0.25) is 4.79 Å². The summed E-state index contributed by atoms with van der Waals surface area (Å²) in [6.07, 6.45) is 0.718. The molecule has 152 valence electrons. The zero-order chi connectivity index (χ0) is 20.8.